The van der Waals surface area contributed by atoms with Crippen LogP contribution in [0, 0.1) is 12.7 Å². The van der Waals surface area contributed by atoms with E-state index in [4.69, 9.17) is 5.73 Å². The van der Waals surface area contributed by atoms with Gasteiger partial charge in [-0.2, -0.15) is 5.10 Å². The van der Waals surface area contributed by atoms with Crippen molar-refractivity contribution >= 4 is 5.91 Å². The smallest absolute Gasteiger partial charge is 0.239 e. The van der Waals surface area contributed by atoms with E-state index in [0.717, 1.165) is 5.56 Å². The lowest BCUT2D eigenvalue weighted by atomic mass is 10.1. The lowest BCUT2D eigenvalue weighted by Gasteiger charge is -2.15. The predicted octanol–water partition coefficient (Wildman–Crippen LogP) is 1.15. The number of benzene rings is 1. The van der Waals surface area contributed by atoms with Gasteiger partial charge in [-0.1, -0.05) is 12.1 Å². The molecule has 0 saturated carbocycles. The number of nitrogens with zero attached hydrogens (tertiary/aromatic N) is 2. The van der Waals surface area contributed by atoms with Gasteiger partial charge < -0.3 is 11.1 Å². The highest BCUT2D eigenvalue weighted by Crippen LogP contribution is 2.13. The highest BCUT2D eigenvalue weighted by Gasteiger charge is 2.16. The van der Waals surface area contributed by atoms with Gasteiger partial charge in [-0.3, -0.25) is 9.48 Å². The summed E-state index contributed by atoms with van der Waals surface area (Å²) in [7, 11) is 0. The van der Waals surface area contributed by atoms with E-state index in [2.05, 4.69) is 10.4 Å². The van der Waals surface area contributed by atoms with E-state index in [1.54, 1.807) is 23.0 Å². The molecule has 3 N–H and O–H groups in total. The van der Waals surface area contributed by atoms with E-state index in [9.17, 15) is 9.18 Å². The molecular weight excluding hydrogens is 259 g/mol. The molecule has 106 valence electrons. The molecule has 1 atom stereocenters. The Morgan fingerprint density at radius 3 is 2.70 bits per heavy atom. The summed E-state index contributed by atoms with van der Waals surface area (Å²) in [6.45, 7) is 3.12. The van der Waals surface area contributed by atoms with Crippen molar-refractivity contribution in [3.63, 3.8) is 0 Å². The lowest BCUT2D eigenvalue weighted by Crippen LogP contribution is -2.35. The first-order valence-corrected chi connectivity index (χ1v) is 6.33. The summed E-state index contributed by atoms with van der Waals surface area (Å²) in [5, 5.41) is 7.21. The highest BCUT2D eigenvalue weighted by atomic mass is 19.1. The zero-order chi connectivity index (χ0) is 14.5. The Hall–Kier alpha value is -2.21. The van der Waals surface area contributed by atoms with Crippen LogP contribution in [-0.2, 0) is 11.3 Å². The first-order valence-electron chi connectivity index (χ1n) is 6.33. The van der Waals surface area contributed by atoms with Crippen molar-refractivity contribution in [2.45, 2.75) is 19.5 Å². The molecule has 0 spiro atoms. The summed E-state index contributed by atoms with van der Waals surface area (Å²) < 4.78 is 14.7. The molecule has 2 rings (SSSR count). The molecule has 2 aromatic rings. The number of carbonyl (C=O) groups excluding carboxylic acids is 1. The van der Waals surface area contributed by atoms with Crippen LogP contribution in [0.2, 0.25) is 0 Å². The van der Waals surface area contributed by atoms with Crippen LogP contribution >= 0.6 is 0 Å². The lowest BCUT2D eigenvalue weighted by molar-refractivity contribution is -0.120. The fraction of sp³-hybridized carbons (Fsp3) is 0.286. The van der Waals surface area contributed by atoms with Crippen LogP contribution in [0.3, 0.4) is 0 Å². The molecule has 5 nitrogen and oxygen atoms in total. The van der Waals surface area contributed by atoms with Crippen LogP contribution in [0.1, 0.15) is 17.2 Å². The zero-order valence-electron chi connectivity index (χ0n) is 11.2. The van der Waals surface area contributed by atoms with Gasteiger partial charge in [-0.25, -0.2) is 4.39 Å². The molecule has 0 radical (unpaired) electrons. The number of halogens is 1. The molecule has 20 heavy (non-hydrogen) atoms. The number of hydrogen-bond acceptors (Lipinski definition) is 3. The number of aryl methyl sites for hydroxylation is 1. The molecule has 1 aromatic heterocycles. The third-order valence-corrected chi connectivity index (χ3v) is 2.94. The number of rotatable bonds is 6. The van der Waals surface area contributed by atoms with Gasteiger partial charge in [0.25, 0.3) is 0 Å². The molecule has 0 aliphatic heterocycles. The second kappa shape index (κ2) is 6.29. The summed E-state index contributed by atoms with van der Waals surface area (Å²) in [6.07, 6.45) is 3.68. The van der Waals surface area contributed by atoms with Crippen molar-refractivity contribution in [2.75, 3.05) is 6.54 Å². The molecule has 1 heterocycles. The van der Waals surface area contributed by atoms with Crippen LogP contribution in [0.5, 0.6) is 0 Å². The first kappa shape index (κ1) is 14.2. The molecular formula is C14H17FN4O. The minimum atomic E-state index is -0.632. The zero-order valence-corrected chi connectivity index (χ0v) is 11.2. The fourth-order valence-corrected chi connectivity index (χ4v) is 1.95. The maximum absolute atomic E-state index is 12.9. The maximum atomic E-state index is 12.9. The second-order valence-corrected chi connectivity index (χ2v) is 4.62. The first-order chi connectivity index (χ1) is 9.56. The van der Waals surface area contributed by atoms with E-state index in [1.165, 1.54) is 12.1 Å². The molecule has 1 aromatic carbocycles. The topological polar surface area (TPSA) is 72.9 Å². The van der Waals surface area contributed by atoms with E-state index in [0.29, 0.717) is 18.7 Å². The predicted molar refractivity (Wildman–Crippen MR) is 73.3 cm³/mol. The van der Waals surface area contributed by atoms with Gasteiger partial charge >= 0.3 is 0 Å². The van der Waals surface area contributed by atoms with Gasteiger partial charge in [0.15, 0.2) is 0 Å². The number of hydrogen-bond donors (Lipinski definition) is 2. The van der Waals surface area contributed by atoms with Crippen molar-refractivity contribution in [1.82, 2.24) is 15.1 Å². The Balaban J connectivity index is 1.96. The van der Waals surface area contributed by atoms with Crippen molar-refractivity contribution < 1.29 is 9.18 Å². The van der Waals surface area contributed by atoms with Gasteiger partial charge in [0.05, 0.1) is 12.7 Å². The summed E-state index contributed by atoms with van der Waals surface area (Å²) in [5.41, 5.74) is 7.10. The summed E-state index contributed by atoms with van der Waals surface area (Å²) in [6, 6.07) is 5.09. The molecule has 0 aliphatic carbocycles. The molecule has 0 fully saturated rings. The molecule has 6 heteroatoms. The average molecular weight is 276 g/mol. The summed E-state index contributed by atoms with van der Waals surface area (Å²) in [4.78, 5) is 11.5. The third-order valence-electron chi connectivity index (χ3n) is 2.94. The normalized spacial score (nSPS) is 12.3. The Kier molecular flexibility index (Phi) is 4.47. The second-order valence-electron chi connectivity index (χ2n) is 4.62. The Bertz CT molecular complexity index is 579. The Morgan fingerprint density at radius 1 is 1.45 bits per heavy atom. The molecule has 0 unspecified atom stereocenters. The van der Waals surface area contributed by atoms with Crippen LogP contribution in [-0.4, -0.2) is 22.2 Å². The number of carbonyl (C=O) groups is 1. The van der Waals surface area contributed by atoms with Crippen molar-refractivity contribution in [2.24, 2.45) is 5.73 Å². The number of primary amides is 1. The van der Waals surface area contributed by atoms with E-state index in [1.807, 2.05) is 13.1 Å². The summed E-state index contributed by atoms with van der Waals surface area (Å²) >= 11 is 0. The highest BCUT2D eigenvalue weighted by molar-refractivity contribution is 5.81. The standard InChI is InChI=1S/C14H17FN4O/c1-10-8-18-19(9-10)7-6-17-13(14(16)20)11-2-4-12(15)5-3-11/h2-5,8-9,13,17H,6-7H2,1H3,(H2,16,20)/t13-/m0/s1. The maximum Gasteiger partial charge on any atom is 0.239 e. The van der Waals surface area contributed by atoms with Crippen LogP contribution in [0.15, 0.2) is 36.7 Å². The molecule has 0 bridgehead atoms. The van der Waals surface area contributed by atoms with Gasteiger partial charge in [-0.15, -0.1) is 0 Å². The number of aromatic nitrogens is 2. The van der Waals surface area contributed by atoms with Crippen LogP contribution in [0.4, 0.5) is 4.39 Å². The van der Waals surface area contributed by atoms with Crippen LogP contribution < -0.4 is 11.1 Å². The van der Waals surface area contributed by atoms with Gasteiger partial charge in [0.1, 0.15) is 11.9 Å². The largest absolute Gasteiger partial charge is 0.368 e. The van der Waals surface area contributed by atoms with Crippen molar-refractivity contribution in [3.8, 4) is 0 Å². The number of amides is 1. The Morgan fingerprint density at radius 2 is 2.15 bits per heavy atom. The molecule has 0 saturated heterocycles. The molecule has 0 aliphatic rings. The summed E-state index contributed by atoms with van der Waals surface area (Å²) in [5.74, 6) is -0.836. The van der Waals surface area contributed by atoms with E-state index in [-0.39, 0.29) is 5.82 Å². The van der Waals surface area contributed by atoms with Gasteiger partial charge in [-0.05, 0) is 30.2 Å². The third kappa shape index (κ3) is 3.64. The monoisotopic (exact) mass is 276 g/mol. The van der Waals surface area contributed by atoms with Crippen LogP contribution in [0.25, 0.3) is 0 Å². The van der Waals surface area contributed by atoms with Crippen molar-refractivity contribution in [3.05, 3.63) is 53.6 Å². The quantitative estimate of drug-likeness (QED) is 0.831. The average Bonchev–Trinajstić information content (AvgIpc) is 2.81. The van der Waals surface area contributed by atoms with Gasteiger partial charge in [0, 0.05) is 12.7 Å². The van der Waals surface area contributed by atoms with E-state index >= 15 is 0 Å². The minimum Gasteiger partial charge on any atom is -0.368 e. The number of nitrogens with two attached hydrogens (primary N) is 1. The minimum absolute atomic E-state index is 0.344. The Labute approximate surface area is 116 Å². The van der Waals surface area contributed by atoms with E-state index < -0.39 is 11.9 Å². The molecule has 1 amide bonds. The van der Waals surface area contributed by atoms with Crippen molar-refractivity contribution in [1.29, 1.82) is 0 Å². The number of nitrogens with one attached hydrogen (secondary N) is 1. The van der Waals surface area contributed by atoms with Gasteiger partial charge in [0.2, 0.25) is 5.91 Å². The SMILES string of the molecule is Cc1cnn(CCN[C@H](C(N)=O)c2ccc(F)cc2)c1. The fourth-order valence-electron chi connectivity index (χ4n) is 1.95.